The first-order valence-corrected chi connectivity index (χ1v) is 8.57. The topological polar surface area (TPSA) is 57.8 Å². The lowest BCUT2D eigenvalue weighted by Crippen LogP contribution is -2.25. The summed E-state index contributed by atoms with van der Waals surface area (Å²) < 4.78 is 0. The number of hydrogen-bond acceptors (Lipinski definition) is 3. The number of amides is 1. The van der Waals surface area contributed by atoms with E-state index in [-0.39, 0.29) is 5.91 Å². The van der Waals surface area contributed by atoms with Gasteiger partial charge in [0.2, 0.25) is 5.91 Å². The van der Waals surface area contributed by atoms with Crippen molar-refractivity contribution in [3.63, 3.8) is 0 Å². The summed E-state index contributed by atoms with van der Waals surface area (Å²) in [5.74, 6) is 0.964. The summed E-state index contributed by atoms with van der Waals surface area (Å²) in [5.41, 5.74) is 2.10. The number of hydrogen-bond donors (Lipinski definition) is 2. The molecule has 118 valence electrons. The zero-order valence-corrected chi connectivity index (χ0v) is 13.6. The highest BCUT2D eigenvalue weighted by atomic mass is 32.1. The van der Waals surface area contributed by atoms with Gasteiger partial charge in [-0.15, -0.1) is 11.3 Å². The lowest BCUT2D eigenvalue weighted by molar-refractivity contribution is -0.121. The maximum atomic E-state index is 11.8. The smallest absolute Gasteiger partial charge is 0.220 e. The number of rotatable bonds is 7. The molecule has 3 aromatic rings. The van der Waals surface area contributed by atoms with Crippen LogP contribution < -0.4 is 5.32 Å². The first kappa shape index (κ1) is 15.5. The highest BCUT2D eigenvalue weighted by Gasteiger charge is 2.05. The predicted molar refractivity (Wildman–Crippen MR) is 93.4 cm³/mol. The van der Waals surface area contributed by atoms with Gasteiger partial charge in [-0.1, -0.05) is 36.4 Å². The van der Waals surface area contributed by atoms with E-state index in [2.05, 4.69) is 21.4 Å². The monoisotopic (exact) mass is 325 g/mol. The number of thiophene rings is 1. The number of H-pyrrole nitrogens is 1. The van der Waals surface area contributed by atoms with Crippen molar-refractivity contribution < 1.29 is 4.79 Å². The average molecular weight is 325 g/mol. The third-order valence-electron chi connectivity index (χ3n) is 3.57. The molecule has 2 heterocycles. The molecule has 4 nitrogen and oxygen atoms in total. The average Bonchev–Trinajstić information content (AvgIpc) is 3.26. The van der Waals surface area contributed by atoms with Crippen molar-refractivity contribution in [1.29, 1.82) is 0 Å². The van der Waals surface area contributed by atoms with E-state index >= 15 is 0 Å². The number of aromatic amines is 1. The number of benzene rings is 1. The minimum absolute atomic E-state index is 0.0983. The third-order valence-corrected chi connectivity index (χ3v) is 4.51. The Bertz CT molecular complexity index is 735. The van der Waals surface area contributed by atoms with Crippen LogP contribution in [-0.2, 0) is 17.6 Å². The summed E-state index contributed by atoms with van der Waals surface area (Å²) >= 11 is 1.69. The molecule has 5 heteroatoms. The standard InChI is InChI=1S/C18H19N3OS/c22-17(9-8-16-7-4-12-23-16)19-11-10-15-13-20-18(21-15)14-5-2-1-3-6-14/h1-7,12-13H,8-11H2,(H,19,22)(H,20,21). The largest absolute Gasteiger partial charge is 0.356 e. The van der Waals surface area contributed by atoms with Gasteiger partial charge in [0.05, 0.1) is 0 Å². The molecule has 3 rings (SSSR count). The second kappa shape index (κ2) is 7.74. The second-order valence-electron chi connectivity index (χ2n) is 5.30. The van der Waals surface area contributed by atoms with Gasteiger partial charge in [-0.05, 0) is 17.9 Å². The highest BCUT2D eigenvalue weighted by Crippen LogP contribution is 2.14. The van der Waals surface area contributed by atoms with Crippen molar-refractivity contribution in [1.82, 2.24) is 15.3 Å². The van der Waals surface area contributed by atoms with Crippen molar-refractivity contribution in [3.8, 4) is 11.4 Å². The van der Waals surface area contributed by atoms with Crippen LogP contribution in [0, 0.1) is 0 Å². The van der Waals surface area contributed by atoms with Crippen LogP contribution in [0.5, 0.6) is 0 Å². The van der Waals surface area contributed by atoms with Crippen LogP contribution in [0.15, 0.2) is 54.0 Å². The van der Waals surface area contributed by atoms with Crippen molar-refractivity contribution in [2.24, 2.45) is 0 Å². The van der Waals surface area contributed by atoms with Crippen LogP contribution in [-0.4, -0.2) is 22.4 Å². The zero-order valence-electron chi connectivity index (χ0n) is 12.8. The van der Waals surface area contributed by atoms with E-state index in [1.807, 2.05) is 48.0 Å². The molecule has 0 unspecified atom stereocenters. The van der Waals surface area contributed by atoms with E-state index in [9.17, 15) is 4.79 Å². The van der Waals surface area contributed by atoms with Crippen molar-refractivity contribution in [2.75, 3.05) is 6.54 Å². The van der Waals surface area contributed by atoms with Gasteiger partial charge in [0.1, 0.15) is 5.82 Å². The fourth-order valence-corrected chi connectivity index (χ4v) is 3.05. The SMILES string of the molecule is O=C(CCc1cccs1)NCCc1cnc(-c2ccccc2)[nH]1. The lowest BCUT2D eigenvalue weighted by Gasteiger charge is -2.03. The molecule has 23 heavy (non-hydrogen) atoms. The molecule has 1 aromatic carbocycles. The van der Waals surface area contributed by atoms with E-state index in [0.717, 1.165) is 29.9 Å². The summed E-state index contributed by atoms with van der Waals surface area (Å²) in [6.07, 6.45) is 3.94. The molecule has 0 fully saturated rings. The Balaban J connectivity index is 1.42. The van der Waals surface area contributed by atoms with Crippen molar-refractivity contribution in [2.45, 2.75) is 19.3 Å². The highest BCUT2D eigenvalue weighted by molar-refractivity contribution is 7.09. The zero-order chi connectivity index (χ0) is 15.9. The number of nitrogens with one attached hydrogen (secondary N) is 2. The number of nitrogens with zero attached hydrogens (tertiary/aromatic N) is 1. The number of aromatic nitrogens is 2. The Morgan fingerprint density at radius 3 is 2.78 bits per heavy atom. The molecular formula is C18H19N3OS. The number of imidazole rings is 1. The normalized spacial score (nSPS) is 10.6. The Hall–Kier alpha value is -2.40. The fraction of sp³-hybridized carbons (Fsp3) is 0.222. The summed E-state index contributed by atoms with van der Waals surface area (Å²) in [6, 6.07) is 14.1. The van der Waals surface area contributed by atoms with Crippen LogP contribution >= 0.6 is 11.3 Å². The molecule has 0 spiro atoms. The molecule has 0 saturated heterocycles. The van der Waals surface area contributed by atoms with E-state index in [1.165, 1.54) is 4.88 Å². The molecule has 2 N–H and O–H groups in total. The van der Waals surface area contributed by atoms with Gasteiger partial charge in [-0.2, -0.15) is 0 Å². The maximum absolute atomic E-state index is 11.8. The van der Waals surface area contributed by atoms with Gasteiger partial charge in [-0.3, -0.25) is 4.79 Å². The predicted octanol–water partition coefficient (Wildman–Crippen LogP) is 3.43. The summed E-state index contributed by atoms with van der Waals surface area (Å²) in [4.78, 5) is 20.8. The maximum Gasteiger partial charge on any atom is 0.220 e. The Morgan fingerprint density at radius 2 is 2.00 bits per heavy atom. The molecule has 0 saturated carbocycles. The minimum Gasteiger partial charge on any atom is -0.356 e. The van der Waals surface area contributed by atoms with Crippen LogP contribution in [0.1, 0.15) is 17.0 Å². The van der Waals surface area contributed by atoms with Crippen LogP contribution in [0.3, 0.4) is 0 Å². The number of carbonyl (C=O) groups excluding carboxylic acids is 1. The quantitative estimate of drug-likeness (QED) is 0.699. The van der Waals surface area contributed by atoms with Crippen molar-refractivity contribution >= 4 is 17.2 Å². The first-order chi connectivity index (χ1) is 11.3. The molecule has 1 amide bonds. The summed E-state index contributed by atoms with van der Waals surface area (Å²) in [6.45, 7) is 0.625. The molecular weight excluding hydrogens is 306 g/mol. The first-order valence-electron chi connectivity index (χ1n) is 7.69. The number of aryl methyl sites for hydroxylation is 1. The Labute approximate surface area is 139 Å². The van der Waals surface area contributed by atoms with Gasteiger partial charge in [0.25, 0.3) is 0 Å². The summed E-state index contributed by atoms with van der Waals surface area (Å²) in [7, 11) is 0. The van der Waals surface area contributed by atoms with Gasteiger partial charge < -0.3 is 10.3 Å². The minimum atomic E-state index is 0.0983. The molecule has 0 aliphatic rings. The third kappa shape index (κ3) is 4.53. The van der Waals surface area contributed by atoms with Gasteiger partial charge >= 0.3 is 0 Å². The van der Waals surface area contributed by atoms with E-state index in [1.54, 1.807) is 11.3 Å². The fourth-order valence-electron chi connectivity index (χ4n) is 2.35. The van der Waals surface area contributed by atoms with E-state index in [4.69, 9.17) is 0 Å². The van der Waals surface area contributed by atoms with Gasteiger partial charge in [0.15, 0.2) is 0 Å². The van der Waals surface area contributed by atoms with Gasteiger partial charge in [-0.25, -0.2) is 4.98 Å². The van der Waals surface area contributed by atoms with E-state index < -0.39 is 0 Å². The summed E-state index contributed by atoms with van der Waals surface area (Å²) in [5, 5.41) is 5.00. The van der Waals surface area contributed by atoms with Crippen LogP contribution in [0.25, 0.3) is 11.4 Å². The van der Waals surface area contributed by atoms with Gasteiger partial charge in [0, 0.05) is 41.7 Å². The second-order valence-corrected chi connectivity index (χ2v) is 6.33. The van der Waals surface area contributed by atoms with Crippen molar-refractivity contribution in [3.05, 3.63) is 64.6 Å². The Morgan fingerprint density at radius 1 is 1.13 bits per heavy atom. The molecule has 0 bridgehead atoms. The van der Waals surface area contributed by atoms with Crippen LogP contribution in [0.4, 0.5) is 0 Å². The van der Waals surface area contributed by atoms with Crippen LogP contribution in [0.2, 0.25) is 0 Å². The molecule has 0 aliphatic heterocycles. The lowest BCUT2D eigenvalue weighted by atomic mass is 10.2. The molecule has 0 radical (unpaired) electrons. The Kier molecular flexibility index (Phi) is 5.21. The molecule has 0 aliphatic carbocycles. The number of carbonyl (C=O) groups is 1. The molecule has 2 aromatic heterocycles. The molecule has 0 atom stereocenters. The van der Waals surface area contributed by atoms with E-state index in [0.29, 0.717) is 13.0 Å².